The van der Waals surface area contributed by atoms with E-state index in [0.717, 1.165) is 35.4 Å². The van der Waals surface area contributed by atoms with Crippen molar-refractivity contribution in [2.24, 2.45) is 0 Å². The van der Waals surface area contributed by atoms with Gasteiger partial charge in [0.1, 0.15) is 0 Å². The second kappa shape index (κ2) is 6.50. The van der Waals surface area contributed by atoms with Gasteiger partial charge in [-0.05, 0) is 30.0 Å². The van der Waals surface area contributed by atoms with Crippen molar-refractivity contribution in [3.8, 4) is 0 Å². The second-order valence-corrected chi connectivity index (χ2v) is 7.40. The Kier molecular flexibility index (Phi) is 4.68. The number of amides is 1. The molecule has 1 amide bonds. The molecule has 3 rings (SSSR count). The molecule has 3 nitrogen and oxygen atoms in total. The number of benzene rings is 1. The van der Waals surface area contributed by atoms with Crippen LogP contribution >= 0.6 is 27.7 Å². The van der Waals surface area contributed by atoms with E-state index < -0.39 is 0 Å². The Bertz CT molecular complexity index is 503. The molecule has 0 bridgehead atoms. The molecule has 2 atom stereocenters. The van der Waals surface area contributed by atoms with Gasteiger partial charge in [0.05, 0.1) is 6.04 Å². The lowest BCUT2D eigenvalue weighted by atomic mass is 10.1. The Morgan fingerprint density at radius 2 is 2.40 bits per heavy atom. The lowest BCUT2D eigenvalue weighted by Crippen LogP contribution is -2.41. The molecular formula is C15H19BrN2OS. The van der Waals surface area contributed by atoms with E-state index in [4.69, 9.17) is 0 Å². The van der Waals surface area contributed by atoms with Crippen LogP contribution in [0.1, 0.15) is 30.0 Å². The smallest absolute Gasteiger partial charge is 0.222 e. The molecule has 0 aromatic heterocycles. The molecule has 1 aliphatic heterocycles. The van der Waals surface area contributed by atoms with Gasteiger partial charge in [0.15, 0.2) is 0 Å². The largest absolute Gasteiger partial charge is 0.349 e. The fraction of sp³-hybridized carbons (Fsp3) is 0.533. The molecular weight excluding hydrogens is 336 g/mol. The predicted octanol–water partition coefficient (Wildman–Crippen LogP) is 2.65. The minimum Gasteiger partial charge on any atom is -0.349 e. The summed E-state index contributed by atoms with van der Waals surface area (Å²) in [6.45, 7) is 1.02. The van der Waals surface area contributed by atoms with Crippen molar-refractivity contribution < 1.29 is 4.79 Å². The Morgan fingerprint density at radius 1 is 1.50 bits per heavy atom. The zero-order chi connectivity index (χ0) is 13.9. The van der Waals surface area contributed by atoms with E-state index in [-0.39, 0.29) is 11.9 Å². The zero-order valence-electron chi connectivity index (χ0n) is 11.3. The summed E-state index contributed by atoms with van der Waals surface area (Å²) in [6.07, 6.45) is 2.64. The van der Waals surface area contributed by atoms with Gasteiger partial charge in [0, 0.05) is 35.0 Å². The summed E-state index contributed by atoms with van der Waals surface area (Å²) >= 11 is 5.52. The summed E-state index contributed by atoms with van der Waals surface area (Å²) < 4.78 is 1.16. The highest BCUT2D eigenvalue weighted by atomic mass is 79.9. The van der Waals surface area contributed by atoms with Crippen LogP contribution in [0, 0.1) is 0 Å². The van der Waals surface area contributed by atoms with Crippen molar-refractivity contribution in [3.63, 3.8) is 0 Å². The maximum atomic E-state index is 12.2. The topological polar surface area (TPSA) is 41.1 Å². The van der Waals surface area contributed by atoms with Crippen LogP contribution < -0.4 is 10.6 Å². The molecule has 0 radical (unpaired) electrons. The van der Waals surface area contributed by atoms with Gasteiger partial charge in [-0.15, -0.1) is 0 Å². The first-order valence-electron chi connectivity index (χ1n) is 7.12. The fourth-order valence-electron chi connectivity index (χ4n) is 2.99. The summed E-state index contributed by atoms with van der Waals surface area (Å²) in [5, 5.41) is 6.61. The summed E-state index contributed by atoms with van der Waals surface area (Å²) in [5.41, 5.74) is 2.63. The van der Waals surface area contributed by atoms with E-state index in [2.05, 4.69) is 38.7 Å². The maximum absolute atomic E-state index is 12.2. The minimum atomic E-state index is 0.169. The Hall–Kier alpha value is -0.520. The molecule has 0 spiro atoms. The number of hydrogen-bond donors (Lipinski definition) is 2. The van der Waals surface area contributed by atoms with Gasteiger partial charge < -0.3 is 10.6 Å². The van der Waals surface area contributed by atoms with E-state index >= 15 is 0 Å². The van der Waals surface area contributed by atoms with Crippen molar-refractivity contribution in [1.29, 1.82) is 0 Å². The van der Waals surface area contributed by atoms with E-state index in [9.17, 15) is 4.79 Å². The lowest BCUT2D eigenvalue weighted by Gasteiger charge is -2.23. The first-order valence-corrected chi connectivity index (χ1v) is 9.06. The fourth-order valence-corrected chi connectivity index (χ4v) is 4.52. The molecule has 1 aliphatic carbocycles. The van der Waals surface area contributed by atoms with Crippen LogP contribution in [0.25, 0.3) is 0 Å². The average molecular weight is 355 g/mol. The molecule has 2 aliphatic rings. The molecule has 1 aromatic rings. The molecule has 1 fully saturated rings. The maximum Gasteiger partial charge on any atom is 0.222 e. The second-order valence-electron chi connectivity index (χ2n) is 5.40. The number of nitrogens with one attached hydrogen (secondary N) is 2. The molecule has 5 heteroatoms. The van der Waals surface area contributed by atoms with E-state index in [1.807, 2.05) is 17.8 Å². The van der Waals surface area contributed by atoms with E-state index in [0.29, 0.717) is 12.5 Å². The van der Waals surface area contributed by atoms with Crippen molar-refractivity contribution in [1.82, 2.24) is 10.6 Å². The number of rotatable bonds is 3. The third kappa shape index (κ3) is 3.21. The van der Waals surface area contributed by atoms with E-state index in [1.165, 1.54) is 11.1 Å². The van der Waals surface area contributed by atoms with E-state index in [1.54, 1.807) is 0 Å². The highest BCUT2D eigenvalue weighted by Gasteiger charge is 2.26. The van der Waals surface area contributed by atoms with Gasteiger partial charge in [-0.25, -0.2) is 0 Å². The molecule has 1 saturated heterocycles. The van der Waals surface area contributed by atoms with Crippen LogP contribution in [0.3, 0.4) is 0 Å². The Labute approximate surface area is 132 Å². The molecule has 2 N–H and O–H groups in total. The van der Waals surface area contributed by atoms with Gasteiger partial charge in [-0.3, -0.25) is 4.79 Å². The van der Waals surface area contributed by atoms with Crippen LogP contribution in [-0.4, -0.2) is 30.0 Å². The first-order chi connectivity index (χ1) is 9.74. The zero-order valence-corrected chi connectivity index (χ0v) is 13.7. The van der Waals surface area contributed by atoms with Crippen molar-refractivity contribution in [2.45, 2.75) is 31.3 Å². The van der Waals surface area contributed by atoms with Gasteiger partial charge in [0.25, 0.3) is 0 Å². The van der Waals surface area contributed by atoms with Crippen LogP contribution in [-0.2, 0) is 11.2 Å². The third-order valence-electron chi connectivity index (χ3n) is 3.98. The molecule has 2 unspecified atom stereocenters. The lowest BCUT2D eigenvalue weighted by molar-refractivity contribution is -0.122. The van der Waals surface area contributed by atoms with Crippen molar-refractivity contribution in [3.05, 3.63) is 33.8 Å². The summed E-state index contributed by atoms with van der Waals surface area (Å²) in [7, 11) is 0. The van der Waals surface area contributed by atoms with Gasteiger partial charge >= 0.3 is 0 Å². The SMILES string of the molecule is O=C(CC1CSCCN1)NC1CCc2c(Br)cccc21. The monoisotopic (exact) mass is 354 g/mol. The highest BCUT2D eigenvalue weighted by Crippen LogP contribution is 2.35. The van der Waals surface area contributed by atoms with Crippen molar-refractivity contribution >= 4 is 33.6 Å². The van der Waals surface area contributed by atoms with Crippen molar-refractivity contribution in [2.75, 3.05) is 18.1 Å². The van der Waals surface area contributed by atoms with Gasteiger partial charge in [-0.2, -0.15) is 11.8 Å². The average Bonchev–Trinajstić information content (AvgIpc) is 2.84. The number of carbonyl (C=O) groups excluding carboxylic acids is 1. The standard InChI is InChI=1S/C15H19BrN2OS/c16-13-3-1-2-12-11(13)4-5-14(12)18-15(19)8-10-9-20-7-6-17-10/h1-3,10,14,17H,4-9H2,(H,18,19). The molecule has 20 heavy (non-hydrogen) atoms. The molecule has 108 valence electrons. The summed E-state index contributed by atoms with van der Waals surface area (Å²) in [4.78, 5) is 12.2. The summed E-state index contributed by atoms with van der Waals surface area (Å²) in [5.74, 6) is 2.37. The van der Waals surface area contributed by atoms with Crippen LogP contribution in [0.15, 0.2) is 22.7 Å². The highest BCUT2D eigenvalue weighted by molar-refractivity contribution is 9.10. The minimum absolute atomic E-state index is 0.169. The molecule has 1 aromatic carbocycles. The number of carbonyl (C=O) groups is 1. The first kappa shape index (κ1) is 14.4. The molecule has 0 saturated carbocycles. The number of hydrogen-bond acceptors (Lipinski definition) is 3. The van der Waals surface area contributed by atoms with Gasteiger partial charge in [0.2, 0.25) is 5.91 Å². The van der Waals surface area contributed by atoms with Crippen LogP contribution in [0.5, 0.6) is 0 Å². The predicted molar refractivity (Wildman–Crippen MR) is 87.1 cm³/mol. The number of fused-ring (bicyclic) bond motifs is 1. The summed E-state index contributed by atoms with van der Waals surface area (Å²) in [6, 6.07) is 6.77. The van der Waals surface area contributed by atoms with Crippen LogP contribution in [0.4, 0.5) is 0 Å². The Morgan fingerprint density at radius 3 is 3.20 bits per heavy atom. The Balaban J connectivity index is 1.59. The third-order valence-corrected chi connectivity index (χ3v) is 5.85. The number of halogens is 1. The normalized spacial score (nSPS) is 25.2. The number of thioether (sulfide) groups is 1. The van der Waals surface area contributed by atoms with Gasteiger partial charge in [-0.1, -0.05) is 28.1 Å². The van der Waals surface area contributed by atoms with Crippen LogP contribution in [0.2, 0.25) is 0 Å². The quantitative estimate of drug-likeness (QED) is 0.876. The molecule has 1 heterocycles.